The fourth-order valence-corrected chi connectivity index (χ4v) is 3.74. The highest BCUT2D eigenvalue weighted by Gasteiger charge is 2.38. The summed E-state index contributed by atoms with van der Waals surface area (Å²) in [5.74, 6) is -1.26. The molecule has 0 aliphatic heterocycles. The van der Waals surface area contributed by atoms with Crippen LogP contribution < -0.4 is 10.1 Å². The minimum Gasteiger partial charge on any atom is -0.437 e. The molecule has 1 heterocycles. The van der Waals surface area contributed by atoms with E-state index in [1.54, 1.807) is 6.92 Å². The molecule has 12 heteroatoms. The molecule has 176 valence electrons. The molecule has 2 aromatic carbocycles. The van der Waals surface area contributed by atoms with E-state index in [2.05, 4.69) is 15.5 Å². The fraction of sp³-hybridized carbons (Fsp3) is 0.182. The molecule has 0 saturated heterocycles. The van der Waals surface area contributed by atoms with Gasteiger partial charge in [0.25, 0.3) is 11.8 Å². The molecule has 1 amide bonds. The molecule has 0 radical (unpaired) electrons. The standard InChI is InChI=1S/C22H18F3N5O3S/c1-12-9-14(11-26)7-8-17(12)33-21-18(13(2)19(29-30-21)22(23,24)25)20(31)28-15-5-4-6-16(10-15)34(3,27)32/h4-10,27H,1-3H3,(H,28,31)/t34-/m0/s1. The lowest BCUT2D eigenvalue weighted by atomic mass is 10.1. The van der Waals surface area contributed by atoms with Gasteiger partial charge in [0.2, 0.25) is 0 Å². The zero-order valence-corrected chi connectivity index (χ0v) is 19.0. The summed E-state index contributed by atoms with van der Waals surface area (Å²) in [7, 11) is -3.09. The van der Waals surface area contributed by atoms with Crippen LogP contribution in [0.4, 0.5) is 18.9 Å². The van der Waals surface area contributed by atoms with Gasteiger partial charge in [-0.15, -0.1) is 10.2 Å². The van der Waals surface area contributed by atoms with Crippen molar-refractivity contribution in [1.29, 1.82) is 10.0 Å². The monoisotopic (exact) mass is 489 g/mol. The smallest absolute Gasteiger partial charge is 0.435 e. The molecule has 0 aliphatic carbocycles. The number of ether oxygens (including phenoxy) is 1. The highest BCUT2D eigenvalue weighted by Crippen LogP contribution is 2.35. The molecule has 34 heavy (non-hydrogen) atoms. The van der Waals surface area contributed by atoms with Gasteiger partial charge >= 0.3 is 6.18 Å². The predicted octanol–water partition coefficient (Wildman–Crippen LogP) is 5.06. The van der Waals surface area contributed by atoms with E-state index >= 15 is 0 Å². The number of alkyl halides is 3. The number of carbonyl (C=O) groups is 1. The molecule has 8 nitrogen and oxygen atoms in total. The Bertz CT molecular complexity index is 1430. The minimum atomic E-state index is -4.87. The van der Waals surface area contributed by atoms with Gasteiger partial charge in [0.1, 0.15) is 11.3 Å². The highest BCUT2D eigenvalue weighted by atomic mass is 32.2. The second kappa shape index (κ2) is 9.11. The van der Waals surface area contributed by atoms with Gasteiger partial charge in [-0.05, 0) is 61.4 Å². The number of nitrogens with one attached hydrogen (secondary N) is 2. The van der Waals surface area contributed by atoms with Crippen LogP contribution >= 0.6 is 0 Å². The average Bonchev–Trinajstić information content (AvgIpc) is 2.73. The van der Waals surface area contributed by atoms with Crippen molar-refractivity contribution in [3.8, 4) is 17.7 Å². The molecule has 0 spiro atoms. The minimum absolute atomic E-state index is 0.120. The number of halogens is 3. The normalized spacial score (nSPS) is 13.0. The Balaban J connectivity index is 2.08. The Morgan fingerprint density at radius 1 is 1.18 bits per heavy atom. The summed E-state index contributed by atoms with van der Waals surface area (Å²) in [6.45, 7) is 2.69. The molecular formula is C22H18F3N5O3S. The quantitative estimate of drug-likeness (QED) is 0.515. The molecule has 3 aromatic rings. The first-order chi connectivity index (χ1) is 15.8. The van der Waals surface area contributed by atoms with Crippen molar-refractivity contribution >= 4 is 21.3 Å². The molecule has 0 aliphatic rings. The van der Waals surface area contributed by atoms with Crippen molar-refractivity contribution in [3.63, 3.8) is 0 Å². The topological polar surface area (TPSA) is 129 Å². The van der Waals surface area contributed by atoms with E-state index in [9.17, 15) is 22.2 Å². The maximum Gasteiger partial charge on any atom is 0.435 e. The molecule has 1 atom stereocenters. The van der Waals surface area contributed by atoms with Crippen molar-refractivity contribution in [2.24, 2.45) is 0 Å². The van der Waals surface area contributed by atoms with Gasteiger partial charge in [0, 0.05) is 16.8 Å². The van der Waals surface area contributed by atoms with Gasteiger partial charge in [0.05, 0.1) is 21.4 Å². The molecule has 0 saturated carbocycles. The molecule has 0 unspecified atom stereocenters. The number of benzene rings is 2. The predicted molar refractivity (Wildman–Crippen MR) is 117 cm³/mol. The van der Waals surface area contributed by atoms with Crippen molar-refractivity contribution in [2.45, 2.75) is 24.9 Å². The third kappa shape index (κ3) is 5.32. The zero-order valence-electron chi connectivity index (χ0n) is 18.1. The van der Waals surface area contributed by atoms with E-state index in [-0.39, 0.29) is 16.3 Å². The van der Waals surface area contributed by atoms with E-state index in [0.29, 0.717) is 11.1 Å². The third-order valence-electron chi connectivity index (χ3n) is 4.73. The van der Waals surface area contributed by atoms with Crippen LogP contribution in [0.15, 0.2) is 47.4 Å². The van der Waals surface area contributed by atoms with Crippen LogP contribution in [-0.2, 0) is 15.9 Å². The first-order valence-electron chi connectivity index (χ1n) is 9.59. The number of hydrogen-bond acceptors (Lipinski definition) is 7. The lowest BCUT2D eigenvalue weighted by Gasteiger charge is -2.17. The van der Waals surface area contributed by atoms with E-state index < -0.39 is 44.5 Å². The maximum absolute atomic E-state index is 13.5. The van der Waals surface area contributed by atoms with E-state index in [0.717, 1.165) is 6.92 Å². The van der Waals surface area contributed by atoms with Gasteiger partial charge in [-0.25, -0.2) is 8.99 Å². The van der Waals surface area contributed by atoms with Crippen LogP contribution in [0.25, 0.3) is 0 Å². The number of rotatable bonds is 5. The SMILES string of the molecule is Cc1cc(C#N)ccc1Oc1nnc(C(F)(F)F)c(C)c1C(=O)Nc1cccc([S@@](C)(=N)=O)c1. The molecule has 1 aromatic heterocycles. The lowest BCUT2D eigenvalue weighted by molar-refractivity contribution is -0.142. The Hall–Kier alpha value is -3.98. The van der Waals surface area contributed by atoms with Gasteiger partial charge in [-0.2, -0.15) is 18.4 Å². The summed E-state index contributed by atoms with van der Waals surface area (Å²) in [5, 5.41) is 18.2. The number of aromatic nitrogens is 2. The van der Waals surface area contributed by atoms with Crippen LogP contribution in [0.2, 0.25) is 0 Å². The number of anilines is 1. The number of aryl methyl sites for hydroxylation is 1. The van der Waals surface area contributed by atoms with Crippen molar-refractivity contribution in [1.82, 2.24) is 10.2 Å². The van der Waals surface area contributed by atoms with E-state index in [1.807, 2.05) is 6.07 Å². The summed E-state index contributed by atoms with van der Waals surface area (Å²) in [5.41, 5.74) is -1.39. The van der Waals surface area contributed by atoms with Crippen LogP contribution in [0.1, 0.15) is 32.7 Å². The van der Waals surface area contributed by atoms with Gasteiger partial charge in [-0.3, -0.25) is 4.79 Å². The fourth-order valence-electron chi connectivity index (χ4n) is 3.05. The summed E-state index contributed by atoms with van der Waals surface area (Å²) >= 11 is 0. The van der Waals surface area contributed by atoms with Crippen LogP contribution in [0.3, 0.4) is 0 Å². The zero-order chi connectivity index (χ0) is 25.3. The Morgan fingerprint density at radius 2 is 1.88 bits per heavy atom. The molecule has 0 bridgehead atoms. The number of nitriles is 1. The second-order valence-corrected chi connectivity index (χ2v) is 9.53. The maximum atomic E-state index is 13.5. The summed E-state index contributed by atoms with van der Waals surface area (Å²) < 4.78 is 65.7. The number of nitrogens with zero attached hydrogens (tertiary/aromatic N) is 3. The van der Waals surface area contributed by atoms with Gasteiger partial charge < -0.3 is 10.1 Å². The van der Waals surface area contributed by atoms with Crippen LogP contribution in [0.5, 0.6) is 11.6 Å². The molecule has 2 N–H and O–H groups in total. The Kier molecular flexibility index (Phi) is 6.60. The summed E-state index contributed by atoms with van der Waals surface area (Å²) in [6.07, 6.45) is -3.67. The lowest BCUT2D eigenvalue weighted by Crippen LogP contribution is -2.21. The third-order valence-corrected chi connectivity index (χ3v) is 5.89. The number of amides is 1. The van der Waals surface area contributed by atoms with E-state index in [4.69, 9.17) is 14.8 Å². The second-order valence-electron chi connectivity index (χ2n) is 7.37. The number of hydrogen-bond donors (Lipinski definition) is 2. The van der Waals surface area contributed by atoms with Gasteiger partial charge in [-0.1, -0.05) is 6.07 Å². The van der Waals surface area contributed by atoms with Crippen molar-refractivity contribution in [3.05, 3.63) is 70.4 Å². The van der Waals surface area contributed by atoms with E-state index in [1.165, 1.54) is 48.7 Å². The number of carbonyl (C=O) groups excluding carboxylic acids is 1. The molecule has 3 rings (SSSR count). The Morgan fingerprint density at radius 3 is 2.47 bits per heavy atom. The van der Waals surface area contributed by atoms with Crippen molar-refractivity contribution in [2.75, 3.05) is 11.6 Å². The first kappa shape index (κ1) is 24.7. The van der Waals surface area contributed by atoms with Crippen LogP contribution in [0, 0.1) is 30.0 Å². The van der Waals surface area contributed by atoms with Crippen molar-refractivity contribution < 1.29 is 26.9 Å². The average molecular weight is 489 g/mol. The Labute approximate surface area is 193 Å². The molecular weight excluding hydrogens is 471 g/mol. The summed E-state index contributed by atoms with van der Waals surface area (Å²) in [6, 6.07) is 12.0. The van der Waals surface area contributed by atoms with Gasteiger partial charge in [0.15, 0.2) is 5.69 Å². The largest absolute Gasteiger partial charge is 0.437 e. The molecule has 0 fully saturated rings. The summed E-state index contributed by atoms with van der Waals surface area (Å²) in [4.78, 5) is 13.2. The first-order valence-corrected chi connectivity index (χ1v) is 11.6. The van der Waals surface area contributed by atoms with Crippen LogP contribution in [-0.4, -0.2) is 26.6 Å². The highest BCUT2D eigenvalue weighted by molar-refractivity contribution is 7.91.